The van der Waals surface area contributed by atoms with Crippen LogP contribution in [-0.2, 0) is 4.79 Å². The van der Waals surface area contributed by atoms with Crippen LogP contribution in [0.3, 0.4) is 0 Å². The number of aliphatic carboxylic acids is 1. The molecule has 1 fully saturated rings. The second kappa shape index (κ2) is 6.61. The van der Waals surface area contributed by atoms with Crippen molar-refractivity contribution in [2.24, 2.45) is 0 Å². The molecule has 1 unspecified atom stereocenters. The zero-order valence-corrected chi connectivity index (χ0v) is 12.6. The van der Waals surface area contributed by atoms with E-state index in [4.69, 9.17) is 5.11 Å². The van der Waals surface area contributed by atoms with Gasteiger partial charge in [0.15, 0.2) is 0 Å². The van der Waals surface area contributed by atoms with Gasteiger partial charge in [-0.15, -0.1) is 0 Å². The number of benzene rings is 1. The third kappa shape index (κ3) is 3.54. The van der Waals surface area contributed by atoms with Gasteiger partial charge in [0.2, 0.25) is 0 Å². The summed E-state index contributed by atoms with van der Waals surface area (Å²) in [5, 5.41) is 8.96. The molecule has 1 heterocycles. The van der Waals surface area contributed by atoms with E-state index in [1.807, 2.05) is 12.1 Å². The van der Waals surface area contributed by atoms with Gasteiger partial charge >= 0.3 is 5.97 Å². The molecule has 0 spiro atoms. The van der Waals surface area contributed by atoms with Crippen LogP contribution in [0.1, 0.15) is 36.5 Å². The first-order chi connectivity index (χ1) is 10.0. The zero-order valence-electron chi connectivity index (χ0n) is 12.6. The predicted octanol–water partition coefficient (Wildman–Crippen LogP) is 2.22. The van der Waals surface area contributed by atoms with E-state index in [1.54, 1.807) is 12.1 Å². The smallest absolute Gasteiger partial charge is 0.326 e. The lowest BCUT2D eigenvalue weighted by atomic mass is 10.1. The number of likely N-dealkylation sites (N-methyl/N-ethyl adjacent to an activating group) is 1. The first-order valence-electron chi connectivity index (χ1n) is 7.35. The molecule has 0 aliphatic carbocycles. The molecule has 1 saturated heterocycles. The average Bonchev–Trinajstić information content (AvgIpc) is 2.53. The molecule has 21 heavy (non-hydrogen) atoms. The number of hydrogen-bond acceptors (Lipinski definition) is 3. The Kier molecular flexibility index (Phi) is 4.83. The van der Waals surface area contributed by atoms with E-state index in [9.17, 15) is 9.59 Å². The normalized spacial score (nSPS) is 16.4. The molecule has 5 heteroatoms. The zero-order chi connectivity index (χ0) is 15.4. The minimum Gasteiger partial charge on any atom is -0.480 e. The van der Waals surface area contributed by atoms with Gasteiger partial charge in [0.05, 0.1) is 0 Å². The van der Waals surface area contributed by atoms with Crippen molar-refractivity contribution in [3.8, 4) is 0 Å². The Morgan fingerprint density at radius 2 is 1.71 bits per heavy atom. The van der Waals surface area contributed by atoms with Crippen LogP contribution in [0.4, 0.5) is 5.69 Å². The highest BCUT2D eigenvalue weighted by Crippen LogP contribution is 2.20. The van der Waals surface area contributed by atoms with E-state index < -0.39 is 12.0 Å². The Bertz CT molecular complexity index is 507. The Morgan fingerprint density at radius 1 is 1.14 bits per heavy atom. The first kappa shape index (κ1) is 15.4. The monoisotopic (exact) mass is 290 g/mol. The maximum Gasteiger partial charge on any atom is 0.326 e. The van der Waals surface area contributed by atoms with E-state index in [0.717, 1.165) is 18.8 Å². The Morgan fingerprint density at radius 3 is 2.24 bits per heavy atom. The third-order valence-corrected chi connectivity index (χ3v) is 4.09. The number of anilines is 1. The molecule has 0 aromatic heterocycles. The molecule has 1 N–H and O–H groups in total. The van der Waals surface area contributed by atoms with Crippen molar-refractivity contribution < 1.29 is 14.7 Å². The van der Waals surface area contributed by atoms with Crippen LogP contribution in [0.15, 0.2) is 24.3 Å². The van der Waals surface area contributed by atoms with Gasteiger partial charge in [-0.25, -0.2) is 4.79 Å². The average molecular weight is 290 g/mol. The van der Waals surface area contributed by atoms with Crippen molar-refractivity contribution in [1.82, 2.24) is 4.90 Å². The van der Waals surface area contributed by atoms with Gasteiger partial charge in [-0.1, -0.05) is 0 Å². The predicted molar refractivity (Wildman–Crippen MR) is 81.7 cm³/mol. The molecular formula is C16H22N2O3. The largest absolute Gasteiger partial charge is 0.480 e. The van der Waals surface area contributed by atoms with E-state index in [0.29, 0.717) is 5.56 Å². The number of carbonyl (C=O) groups excluding carboxylic acids is 1. The minimum absolute atomic E-state index is 0.268. The molecule has 2 rings (SSSR count). The lowest BCUT2D eigenvalue weighted by molar-refractivity contribution is -0.141. The summed E-state index contributed by atoms with van der Waals surface area (Å²) < 4.78 is 0. The van der Waals surface area contributed by atoms with Crippen molar-refractivity contribution in [2.75, 3.05) is 25.0 Å². The molecule has 1 amide bonds. The summed E-state index contributed by atoms with van der Waals surface area (Å²) in [6, 6.07) is 6.60. The Hall–Kier alpha value is -2.04. The molecule has 1 aromatic rings. The fraction of sp³-hybridized carbons (Fsp3) is 0.500. The Labute approximate surface area is 125 Å². The van der Waals surface area contributed by atoms with Crippen molar-refractivity contribution >= 4 is 17.6 Å². The number of amides is 1. The number of carboxylic acid groups (broad SMARTS) is 1. The van der Waals surface area contributed by atoms with Crippen LogP contribution in [-0.4, -0.2) is 48.1 Å². The van der Waals surface area contributed by atoms with Crippen molar-refractivity contribution in [2.45, 2.75) is 32.2 Å². The van der Waals surface area contributed by atoms with Gasteiger partial charge in [0, 0.05) is 31.4 Å². The molecule has 114 valence electrons. The van der Waals surface area contributed by atoms with Crippen LogP contribution in [0.25, 0.3) is 0 Å². The molecule has 1 aromatic carbocycles. The number of rotatable bonds is 4. The molecule has 1 aliphatic rings. The quantitative estimate of drug-likeness (QED) is 0.923. The van der Waals surface area contributed by atoms with Crippen molar-refractivity contribution in [1.29, 1.82) is 0 Å². The topological polar surface area (TPSA) is 60.9 Å². The van der Waals surface area contributed by atoms with E-state index in [2.05, 4.69) is 4.90 Å². The highest BCUT2D eigenvalue weighted by Gasteiger charge is 2.22. The first-order valence-corrected chi connectivity index (χ1v) is 7.35. The fourth-order valence-electron chi connectivity index (χ4n) is 2.51. The standard InChI is InChI=1S/C16H22N2O3/c1-12(16(20)21)17(2)15(19)13-6-8-14(9-7-13)18-10-4-3-5-11-18/h6-9,12H,3-5,10-11H2,1-2H3,(H,20,21). The fourth-order valence-corrected chi connectivity index (χ4v) is 2.51. The number of carbonyl (C=O) groups is 2. The molecule has 1 atom stereocenters. The van der Waals surface area contributed by atoms with Crippen LogP contribution >= 0.6 is 0 Å². The summed E-state index contributed by atoms with van der Waals surface area (Å²) in [5.74, 6) is -1.27. The molecule has 0 bridgehead atoms. The van der Waals surface area contributed by atoms with Crippen LogP contribution < -0.4 is 4.90 Å². The molecule has 0 radical (unpaired) electrons. The summed E-state index contributed by atoms with van der Waals surface area (Å²) in [4.78, 5) is 26.7. The van der Waals surface area contributed by atoms with E-state index in [1.165, 1.54) is 38.1 Å². The van der Waals surface area contributed by atoms with Crippen LogP contribution in [0.2, 0.25) is 0 Å². The van der Waals surface area contributed by atoms with Crippen molar-refractivity contribution in [3.63, 3.8) is 0 Å². The summed E-state index contributed by atoms with van der Waals surface area (Å²) in [5.41, 5.74) is 1.64. The lowest BCUT2D eigenvalue weighted by Crippen LogP contribution is -2.40. The molecule has 5 nitrogen and oxygen atoms in total. The molecular weight excluding hydrogens is 268 g/mol. The second-order valence-electron chi connectivity index (χ2n) is 5.52. The highest BCUT2D eigenvalue weighted by molar-refractivity contribution is 5.96. The van der Waals surface area contributed by atoms with Crippen LogP contribution in [0.5, 0.6) is 0 Å². The van der Waals surface area contributed by atoms with Gasteiger partial charge in [-0.05, 0) is 50.5 Å². The summed E-state index contributed by atoms with van der Waals surface area (Å²) in [6.07, 6.45) is 3.70. The van der Waals surface area contributed by atoms with Gasteiger partial charge in [0.1, 0.15) is 6.04 Å². The molecule has 1 aliphatic heterocycles. The summed E-state index contributed by atoms with van der Waals surface area (Å²) in [7, 11) is 1.51. The van der Waals surface area contributed by atoms with Gasteiger partial charge in [-0.3, -0.25) is 4.79 Å². The van der Waals surface area contributed by atoms with E-state index >= 15 is 0 Å². The SMILES string of the molecule is CC(C(=O)O)N(C)C(=O)c1ccc(N2CCCCC2)cc1. The number of hydrogen-bond donors (Lipinski definition) is 1. The second-order valence-corrected chi connectivity index (χ2v) is 5.52. The lowest BCUT2D eigenvalue weighted by Gasteiger charge is -2.29. The number of piperidine rings is 1. The summed E-state index contributed by atoms with van der Waals surface area (Å²) in [6.45, 7) is 3.62. The third-order valence-electron chi connectivity index (χ3n) is 4.09. The highest BCUT2D eigenvalue weighted by atomic mass is 16.4. The van der Waals surface area contributed by atoms with Gasteiger partial charge < -0.3 is 14.9 Å². The molecule has 0 saturated carbocycles. The minimum atomic E-state index is -1.00. The van der Waals surface area contributed by atoms with Crippen molar-refractivity contribution in [3.05, 3.63) is 29.8 Å². The Balaban J connectivity index is 2.07. The maximum atomic E-state index is 12.2. The van der Waals surface area contributed by atoms with Crippen LogP contribution in [0, 0.1) is 0 Å². The maximum absolute atomic E-state index is 12.2. The van der Waals surface area contributed by atoms with Gasteiger partial charge in [-0.2, -0.15) is 0 Å². The van der Waals surface area contributed by atoms with Gasteiger partial charge in [0.25, 0.3) is 5.91 Å². The number of carboxylic acids is 1. The van der Waals surface area contributed by atoms with E-state index in [-0.39, 0.29) is 5.91 Å². The number of nitrogens with zero attached hydrogens (tertiary/aromatic N) is 2. The summed E-state index contributed by atoms with van der Waals surface area (Å²) >= 11 is 0.